The molecule has 0 bridgehead atoms. The van der Waals surface area contributed by atoms with Gasteiger partial charge in [0.15, 0.2) is 5.16 Å². The van der Waals surface area contributed by atoms with Crippen LogP contribution < -0.4 is 10.3 Å². The molecule has 7 heteroatoms. The summed E-state index contributed by atoms with van der Waals surface area (Å²) in [7, 11) is 2.91. The number of aromatic nitrogens is 2. The summed E-state index contributed by atoms with van der Waals surface area (Å²) < 4.78 is 11.3. The van der Waals surface area contributed by atoms with Gasteiger partial charge in [0.05, 0.1) is 25.1 Å². The Morgan fingerprint density at radius 1 is 1.15 bits per heavy atom. The lowest BCUT2D eigenvalue weighted by Gasteiger charge is -2.12. The molecule has 0 radical (unpaired) electrons. The first kappa shape index (κ1) is 18.0. The topological polar surface area (TPSA) is 70.4 Å². The standard InChI is InChI=1S/C19H18N2O4S/c1-24-14-7-5-6-13(10-14)12-26-19-20-16-9-4-3-8-15(16)18(23)21(19)11-17(22)25-2/h3-10H,11-12H2,1-2H3. The molecule has 6 nitrogen and oxygen atoms in total. The molecule has 1 heterocycles. The minimum Gasteiger partial charge on any atom is -0.497 e. The van der Waals surface area contributed by atoms with Crippen LogP contribution in [0.2, 0.25) is 0 Å². The molecule has 0 aliphatic carbocycles. The maximum atomic E-state index is 12.8. The highest BCUT2D eigenvalue weighted by molar-refractivity contribution is 7.98. The molecule has 2 aromatic carbocycles. The largest absolute Gasteiger partial charge is 0.497 e. The molecule has 3 rings (SSSR count). The number of ether oxygens (including phenoxy) is 2. The Bertz CT molecular complexity index is 1000. The van der Waals surface area contributed by atoms with E-state index in [0.717, 1.165) is 11.3 Å². The summed E-state index contributed by atoms with van der Waals surface area (Å²) in [6.45, 7) is -0.173. The molecule has 0 aliphatic heterocycles. The molecule has 26 heavy (non-hydrogen) atoms. The predicted octanol–water partition coefficient (Wildman–Crippen LogP) is 2.87. The van der Waals surface area contributed by atoms with Gasteiger partial charge in [-0.15, -0.1) is 0 Å². The van der Waals surface area contributed by atoms with Crippen LogP contribution in [0.1, 0.15) is 5.56 Å². The second-order valence-electron chi connectivity index (χ2n) is 5.52. The number of carbonyl (C=O) groups is 1. The summed E-state index contributed by atoms with van der Waals surface area (Å²) in [5.74, 6) is 0.859. The van der Waals surface area contributed by atoms with Crippen molar-refractivity contribution in [2.45, 2.75) is 17.5 Å². The van der Waals surface area contributed by atoms with Crippen LogP contribution in [-0.2, 0) is 21.8 Å². The van der Waals surface area contributed by atoms with Gasteiger partial charge in [0.25, 0.3) is 5.56 Å². The number of rotatable bonds is 6. The fourth-order valence-electron chi connectivity index (χ4n) is 2.50. The Hall–Kier alpha value is -2.80. The van der Waals surface area contributed by atoms with E-state index in [1.165, 1.54) is 23.4 Å². The highest BCUT2D eigenvalue weighted by Gasteiger charge is 2.15. The Labute approximate surface area is 154 Å². The van der Waals surface area contributed by atoms with E-state index in [9.17, 15) is 9.59 Å². The molecule has 0 aliphatic rings. The maximum Gasteiger partial charge on any atom is 0.325 e. The van der Waals surface area contributed by atoms with Crippen LogP contribution in [0.4, 0.5) is 0 Å². The number of carbonyl (C=O) groups excluding carboxylic acids is 1. The van der Waals surface area contributed by atoms with Crippen molar-refractivity contribution in [2.24, 2.45) is 0 Å². The summed E-state index contributed by atoms with van der Waals surface area (Å²) in [6, 6.07) is 14.8. The summed E-state index contributed by atoms with van der Waals surface area (Å²) in [4.78, 5) is 29.1. The van der Waals surface area contributed by atoms with E-state index in [0.29, 0.717) is 21.8 Å². The molecule has 0 saturated carbocycles. The van der Waals surface area contributed by atoms with E-state index in [1.807, 2.05) is 30.3 Å². The molecule has 0 amide bonds. The zero-order valence-electron chi connectivity index (χ0n) is 14.5. The summed E-state index contributed by atoms with van der Waals surface area (Å²) >= 11 is 1.39. The van der Waals surface area contributed by atoms with Crippen LogP contribution in [0.15, 0.2) is 58.5 Å². The summed E-state index contributed by atoms with van der Waals surface area (Å²) in [5, 5.41) is 0.948. The second kappa shape index (κ2) is 8.05. The third kappa shape index (κ3) is 3.88. The monoisotopic (exact) mass is 370 g/mol. The number of methoxy groups -OCH3 is 2. The van der Waals surface area contributed by atoms with E-state index in [-0.39, 0.29) is 12.1 Å². The molecular formula is C19H18N2O4S. The summed E-state index contributed by atoms with van der Waals surface area (Å²) in [5.41, 5.74) is 1.38. The van der Waals surface area contributed by atoms with Crippen molar-refractivity contribution >= 4 is 28.6 Å². The van der Waals surface area contributed by atoms with E-state index in [1.54, 1.807) is 25.3 Å². The van der Waals surface area contributed by atoms with Crippen LogP contribution in [0.5, 0.6) is 5.75 Å². The van der Waals surface area contributed by atoms with Gasteiger partial charge >= 0.3 is 5.97 Å². The predicted molar refractivity (Wildman–Crippen MR) is 101 cm³/mol. The lowest BCUT2D eigenvalue weighted by Crippen LogP contribution is -2.27. The average Bonchev–Trinajstić information content (AvgIpc) is 2.68. The van der Waals surface area contributed by atoms with Gasteiger partial charge in [-0.25, -0.2) is 4.98 Å². The molecule has 134 valence electrons. The zero-order chi connectivity index (χ0) is 18.5. The molecule has 0 spiro atoms. The molecule has 0 N–H and O–H groups in total. The lowest BCUT2D eigenvalue weighted by atomic mass is 10.2. The minimum atomic E-state index is -0.493. The smallest absolute Gasteiger partial charge is 0.325 e. The van der Waals surface area contributed by atoms with Gasteiger partial charge in [-0.2, -0.15) is 0 Å². The number of para-hydroxylation sites is 1. The SMILES string of the molecule is COC(=O)Cn1c(SCc2cccc(OC)c2)nc2ccccc2c1=O. The number of esters is 1. The summed E-state index contributed by atoms with van der Waals surface area (Å²) in [6.07, 6.45) is 0. The van der Waals surface area contributed by atoms with Crippen LogP contribution in [0.3, 0.4) is 0 Å². The highest BCUT2D eigenvalue weighted by Crippen LogP contribution is 2.24. The first-order chi connectivity index (χ1) is 12.6. The molecule has 1 aromatic heterocycles. The third-order valence-electron chi connectivity index (χ3n) is 3.84. The van der Waals surface area contributed by atoms with E-state index in [4.69, 9.17) is 9.47 Å². The highest BCUT2D eigenvalue weighted by atomic mass is 32.2. The van der Waals surface area contributed by atoms with Crippen molar-refractivity contribution in [3.8, 4) is 5.75 Å². The molecule has 0 fully saturated rings. The number of benzene rings is 2. The molecule has 0 unspecified atom stereocenters. The van der Waals surface area contributed by atoms with Crippen molar-refractivity contribution in [3.05, 3.63) is 64.4 Å². The van der Waals surface area contributed by atoms with Crippen LogP contribution in [0, 0.1) is 0 Å². The maximum absolute atomic E-state index is 12.8. The van der Waals surface area contributed by atoms with Gasteiger partial charge in [0.1, 0.15) is 12.3 Å². The van der Waals surface area contributed by atoms with Gasteiger partial charge < -0.3 is 9.47 Å². The van der Waals surface area contributed by atoms with Crippen molar-refractivity contribution < 1.29 is 14.3 Å². The number of hydrogen-bond acceptors (Lipinski definition) is 6. The molecule has 3 aromatic rings. The third-order valence-corrected chi connectivity index (χ3v) is 4.89. The van der Waals surface area contributed by atoms with E-state index >= 15 is 0 Å². The molecular weight excluding hydrogens is 352 g/mol. The quantitative estimate of drug-likeness (QED) is 0.377. The molecule has 0 saturated heterocycles. The molecule has 0 atom stereocenters. The second-order valence-corrected chi connectivity index (χ2v) is 6.46. The van der Waals surface area contributed by atoms with E-state index < -0.39 is 5.97 Å². The Kier molecular flexibility index (Phi) is 5.58. The van der Waals surface area contributed by atoms with Crippen molar-refractivity contribution in [2.75, 3.05) is 14.2 Å². The Morgan fingerprint density at radius 2 is 1.96 bits per heavy atom. The van der Waals surface area contributed by atoms with Crippen molar-refractivity contribution in [1.82, 2.24) is 9.55 Å². The van der Waals surface area contributed by atoms with Crippen LogP contribution >= 0.6 is 11.8 Å². The van der Waals surface area contributed by atoms with Gasteiger partial charge in [-0.3, -0.25) is 14.2 Å². The Morgan fingerprint density at radius 3 is 2.73 bits per heavy atom. The first-order valence-corrected chi connectivity index (χ1v) is 8.93. The van der Waals surface area contributed by atoms with Crippen LogP contribution in [-0.4, -0.2) is 29.7 Å². The van der Waals surface area contributed by atoms with E-state index in [2.05, 4.69) is 4.98 Å². The van der Waals surface area contributed by atoms with Crippen LogP contribution in [0.25, 0.3) is 10.9 Å². The number of thioether (sulfide) groups is 1. The fraction of sp³-hybridized carbons (Fsp3) is 0.211. The number of hydrogen-bond donors (Lipinski definition) is 0. The average molecular weight is 370 g/mol. The normalized spacial score (nSPS) is 10.7. The Balaban J connectivity index is 1.98. The fourth-order valence-corrected chi connectivity index (χ4v) is 3.44. The van der Waals surface area contributed by atoms with Crippen molar-refractivity contribution in [3.63, 3.8) is 0 Å². The number of nitrogens with zero attached hydrogens (tertiary/aromatic N) is 2. The minimum absolute atomic E-state index is 0.173. The first-order valence-electron chi connectivity index (χ1n) is 7.94. The zero-order valence-corrected chi connectivity index (χ0v) is 15.3. The van der Waals surface area contributed by atoms with Crippen molar-refractivity contribution in [1.29, 1.82) is 0 Å². The van der Waals surface area contributed by atoms with Gasteiger partial charge in [-0.05, 0) is 29.8 Å². The number of fused-ring (bicyclic) bond motifs is 1. The van der Waals surface area contributed by atoms with Gasteiger partial charge in [-0.1, -0.05) is 36.0 Å². The van der Waals surface area contributed by atoms with Gasteiger partial charge in [0.2, 0.25) is 0 Å². The van der Waals surface area contributed by atoms with Gasteiger partial charge in [0, 0.05) is 5.75 Å². The lowest BCUT2D eigenvalue weighted by molar-refractivity contribution is -0.141.